The van der Waals surface area contributed by atoms with E-state index in [1.165, 1.54) is 17.7 Å². The van der Waals surface area contributed by atoms with E-state index in [0.29, 0.717) is 18.7 Å². The number of piperazine rings is 1. The minimum Gasteiger partial charge on any atom is -0.337 e. The lowest BCUT2D eigenvalue weighted by molar-refractivity contribution is -0.127. The molecule has 1 amide bonds. The first-order chi connectivity index (χ1) is 12.7. The number of halogens is 1. The van der Waals surface area contributed by atoms with Gasteiger partial charge in [-0.15, -0.1) is 0 Å². The molecule has 2 aromatic carbocycles. The molecular weight excluding hydrogens is 327 g/mol. The van der Waals surface area contributed by atoms with Crippen LogP contribution >= 0.6 is 0 Å². The zero-order chi connectivity index (χ0) is 18.2. The Morgan fingerprint density at radius 3 is 2.35 bits per heavy atom. The molecule has 134 valence electrons. The molecule has 1 heterocycles. The SMILES string of the molecule is O=C(/C=C/c1ccccc1F)N1CCN(C/C=C/c2ccccc2)CC1. The number of amides is 1. The molecule has 0 radical (unpaired) electrons. The van der Waals surface area contributed by atoms with Crippen LogP contribution in [0.4, 0.5) is 4.39 Å². The Morgan fingerprint density at radius 2 is 1.62 bits per heavy atom. The average Bonchev–Trinajstić information content (AvgIpc) is 2.68. The summed E-state index contributed by atoms with van der Waals surface area (Å²) in [6, 6.07) is 16.7. The van der Waals surface area contributed by atoms with Crippen LogP contribution in [0.25, 0.3) is 12.2 Å². The van der Waals surface area contributed by atoms with Crippen molar-refractivity contribution in [2.45, 2.75) is 0 Å². The van der Waals surface area contributed by atoms with Crippen molar-refractivity contribution in [2.24, 2.45) is 0 Å². The Bertz CT molecular complexity index is 778. The van der Waals surface area contributed by atoms with Gasteiger partial charge < -0.3 is 4.90 Å². The second-order valence-corrected chi connectivity index (χ2v) is 6.29. The van der Waals surface area contributed by atoms with Crippen LogP contribution in [-0.4, -0.2) is 48.4 Å². The van der Waals surface area contributed by atoms with E-state index in [-0.39, 0.29) is 11.7 Å². The first-order valence-electron chi connectivity index (χ1n) is 8.88. The van der Waals surface area contributed by atoms with Gasteiger partial charge in [0.1, 0.15) is 5.82 Å². The van der Waals surface area contributed by atoms with Gasteiger partial charge in [0, 0.05) is 44.4 Å². The van der Waals surface area contributed by atoms with Crippen molar-refractivity contribution in [3.05, 3.63) is 83.7 Å². The molecule has 1 saturated heterocycles. The van der Waals surface area contributed by atoms with E-state index in [1.54, 1.807) is 24.3 Å². The van der Waals surface area contributed by atoms with Crippen molar-refractivity contribution in [2.75, 3.05) is 32.7 Å². The van der Waals surface area contributed by atoms with Crippen molar-refractivity contribution in [3.8, 4) is 0 Å². The summed E-state index contributed by atoms with van der Waals surface area (Å²) in [5.41, 5.74) is 1.63. The maximum atomic E-state index is 13.6. The van der Waals surface area contributed by atoms with Gasteiger partial charge in [-0.1, -0.05) is 60.7 Å². The van der Waals surface area contributed by atoms with Crippen LogP contribution in [-0.2, 0) is 4.79 Å². The van der Waals surface area contributed by atoms with Crippen LogP contribution in [0.1, 0.15) is 11.1 Å². The highest BCUT2D eigenvalue weighted by atomic mass is 19.1. The van der Waals surface area contributed by atoms with Gasteiger partial charge in [-0.3, -0.25) is 9.69 Å². The number of hydrogen-bond acceptors (Lipinski definition) is 2. The lowest BCUT2D eigenvalue weighted by Crippen LogP contribution is -2.48. The first-order valence-corrected chi connectivity index (χ1v) is 8.88. The summed E-state index contributed by atoms with van der Waals surface area (Å²) in [6.45, 7) is 3.96. The van der Waals surface area contributed by atoms with Crippen molar-refractivity contribution < 1.29 is 9.18 Å². The molecule has 1 aliphatic heterocycles. The lowest BCUT2D eigenvalue weighted by Gasteiger charge is -2.33. The highest BCUT2D eigenvalue weighted by molar-refractivity contribution is 5.91. The predicted molar refractivity (Wildman–Crippen MR) is 104 cm³/mol. The quantitative estimate of drug-likeness (QED) is 0.768. The van der Waals surface area contributed by atoms with Gasteiger partial charge in [-0.2, -0.15) is 0 Å². The molecule has 0 N–H and O–H groups in total. The number of hydrogen-bond donors (Lipinski definition) is 0. The Morgan fingerprint density at radius 1 is 0.923 bits per heavy atom. The number of rotatable bonds is 5. The number of benzene rings is 2. The zero-order valence-electron chi connectivity index (χ0n) is 14.7. The molecule has 0 atom stereocenters. The maximum Gasteiger partial charge on any atom is 0.246 e. The summed E-state index contributed by atoms with van der Waals surface area (Å²) >= 11 is 0. The number of nitrogens with zero attached hydrogens (tertiary/aromatic N) is 2. The lowest BCUT2D eigenvalue weighted by atomic mass is 10.2. The van der Waals surface area contributed by atoms with Gasteiger partial charge in [0.2, 0.25) is 5.91 Å². The van der Waals surface area contributed by atoms with Crippen molar-refractivity contribution in [3.63, 3.8) is 0 Å². The van der Waals surface area contributed by atoms with E-state index in [0.717, 1.165) is 19.6 Å². The van der Waals surface area contributed by atoms with Crippen LogP contribution in [0.3, 0.4) is 0 Å². The van der Waals surface area contributed by atoms with Crippen LogP contribution in [0.15, 0.2) is 66.7 Å². The molecule has 0 aromatic heterocycles. The molecule has 0 saturated carbocycles. The second-order valence-electron chi connectivity index (χ2n) is 6.29. The first kappa shape index (κ1) is 18.1. The fourth-order valence-electron chi connectivity index (χ4n) is 2.93. The van der Waals surface area contributed by atoms with Gasteiger partial charge in [-0.25, -0.2) is 4.39 Å². The third-order valence-electron chi connectivity index (χ3n) is 4.47. The Labute approximate surface area is 154 Å². The van der Waals surface area contributed by atoms with Gasteiger partial charge in [-0.05, 0) is 17.7 Å². The fraction of sp³-hybridized carbons (Fsp3) is 0.227. The molecular formula is C22H23FN2O. The van der Waals surface area contributed by atoms with Crippen LogP contribution < -0.4 is 0 Å². The van der Waals surface area contributed by atoms with Crippen molar-refractivity contribution in [1.82, 2.24) is 9.80 Å². The third kappa shape index (κ3) is 5.14. The van der Waals surface area contributed by atoms with Gasteiger partial charge >= 0.3 is 0 Å². The van der Waals surface area contributed by atoms with E-state index < -0.39 is 0 Å². The summed E-state index contributed by atoms with van der Waals surface area (Å²) in [6.07, 6.45) is 7.29. The summed E-state index contributed by atoms with van der Waals surface area (Å²) in [4.78, 5) is 16.4. The molecule has 1 aliphatic rings. The standard InChI is InChI=1S/C22H23FN2O/c23-21-11-5-4-10-20(21)12-13-22(26)25-17-15-24(16-18-25)14-6-9-19-7-2-1-3-8-19/h1-13H,14-18H2/b9-6+,13-12+. The molecule has 3 nitrogen and oxygen atoms in total. The summed E-state index contributed by atoms with van der Waals surface area (Å²) < 4.78 is 13.6. The van der Waals surface area contributed by atoms with Crippen LogP contribution in [0.5, 0.6) is 0 Å². The van der Waals surface area contributed by atoms with E-state index in [1.807, 2.05) is 23.1 Å². The fourth-order valence-corrected chi connectivity index (χ4v) is 2.93. The Kier molecular flexibility index (Phi) is 6.34. The highest BCUT2D eigenvalue weighted by Crippen LogP contribution is 2.10. The van der Waals surface area contributed by atoms with E-state index in [9.17, 15) is 9.18 Å². The largest absolute Gasteiger partial charge is 0.337 e. The zero-order valence-corrected chi connectivity index (χ0v) is 14.7. The topological polar surface area (TPSA) is 23.6 Å². The predicted octanol–water partition coefficient (Wildman–Crippen LogP) is 3.70. The molecule has 0 bridgehead atoms. The number of carbonyl (C=O) groups is 1. The molecule has 1 fully saturated rings. The monoisotopic (exact) mass is 350 g/mol. The minimum atomic E-state index is -0.313. The Hall–Kier alpha value is -2.72. The third-order valence-corrected chi connectivity index (χ3v) is 4.47. The molecule has 2 aromatic rings. The second kappa shape index (κ2) is 9.11. The summed E-state index contributed by atoms with van der Waals surface area (Å²) in [7, 11) is 0. The molecule has 0 spiro atoms. The average molecular weight is 350 g/mol. The minimum absolute atomic E-state index is 0.0623. The van der Waals surface area contributed by atoms with E-state index in [4.69, 9.17) is 0 Å². The van der Waals surface area contributed by atoms with Crippen molar-refractivity contribution >= 4 is 18.1 Å². The highest BCUT2D eigenvalue weighted by Gasteiger charge is 2.18. The molecule has 26 heavy (non-hydrogen) atoms. The van der Waals surface area contributed by atoms with E-state index in [2.05, 4.69) is 29.2 Å². The van der Waals surface area contributed by atoms with Crippen LogP contribution in [0.2, 0.25) is 0 Å². The molecule has 3 rings (SSSR count). The van der Waals surface area contributed by atoms with Gasteiger partial charge in [0.15, 0.2) is 0 Å². The Balaban J connectivity index is 1.45. The number of carbonyl (C=O) groups excluding carboxylic acids is 1. The molecule has 4 heteroatoms. The summed E-state index contributed by atoms with van der Waals surface area (Å²) in [5, 5.41) is 0. The molecule has 0 unspecified atom stereocenters. The van der Waals surface area contributed by atoms with Crippen LogP contribution in [0, 0.1) is 5.82 Å². The summed E-state index contributed by atoms with van der Waals surface area (Å²) in [5.74, 6) is -0.376. The smallest absolute Gasteiger partial charge is 0.246 e. The van der Waals surface area contributed by atoms with Crippen molar-refractivity contribution in [1.29, 1.82) is 0 Å². The maximum absolute atomic E-state index is 13.6. The molecule has 0 aliphatic carbocycles. The van der Waals surface area contributed by atoms with E-state index >= 15 is 0 Å². The van der Waals surface area contributed by atoms with Gasteiger partial charge in [0.25, 0.3) is 0 Å². The van der Waals surface area contributed by atoms with Gasteiger partial charge in [0.05, 0.1) is 0 Å². The normalized spacial score (nSPS) is 15.8.